The largest absolute Gasteiger partial charge is 0.466 e. The molecule has 0 amide bonds. The van der Waals surface area contributed by atoms with E-state index in [-0.39, 0.29) is 11.2 Å². The third-order valence-electron chi connectivity index (χ3n) is 2.13. The minimum absolute atomic E-state index is 0.0884. The number of hydrogen-bond acceptors (Lipinski definition) is 7. The molecule has 1 unspecified atom stereocenters. The van der Waals surface area contributed by atoms with Crippen molar-refractivity contribution in [2.45, 2.75) is 30.5 Å². The first kappa shape index (κ1) is 12.7. The average molecular weight is 267 g/mol. The molecular weight excluding hydrogens is 254 g/mol. The van der Waals surface area contributed by atoms with Gasteiger partial charge in [0, 0.05) is 5.25 Å². The van der Waals surface area contributed by atoms with Crippen LogP contribution in [0.25, 0.3) is 5.65 Å². The molecule has 0 saturated heterocycles. The quantitative estimate of drug-likeness (QED) is 0.589. The molecule has 0 fully saturated rings. The number of carbonyl (C=O) groups is 1. The third-order valence-corrected chi connectivity index (χ3v) is 3.15. The van der Waals surface area contributed by atoms with Crippen LogP contribution in [0.5, 0.6) is 0 Å². The van der Waals surface area contributed by atoms with E-state index < -0.39 is 0 Å². The highest BCUT2D eigenvalue weighted by Gasteiger charge is 2.12. The summed E-state index contributed by atoms with van der Waals surface area (Å²) in [5.74, 6) is -0.194. The molecule has 0 saturated carbocycles. The molecule has 2 rings (SSSR count). The van der Waals surface area contributed by atoms with Crippen LogP contribution in [0, 0.1) is 0 Å². The Labute approximate surface area is 108 Å². The van der Waals surface area contributed by atoms with Crippen molar-refractivity contribution in [1.29, 1.82) is 0 Å². The third kappa shape index (κ3) is 3.16. The molecule has 2 heterocycles. The van der Waals surface area contributed by atoms with Crippen LogP contribution in [0.4, 0.5) is 0 Å². The van der Waals surface area contributed by atoms with E-state index in [1.807, 2.05) is 13.0 Å². The Bertz CT molecular complexity index is 544. The lowest BCUT2D eigenvalue weighted by atomic mass is 10.3. The molecule has 2 aromatic heterocycles. The van der Waals surface area contributed by atoms with Crippen LogP contribution >= 0.6 is 11.8 Å². The van der Waals surface area contributed by atoms with Crippen LogP contribution in [0.2, 0.25) is 0 Å². The minimum atomic E-state index is -0.194. The molecule has 0 aliphatic rings. The highest BCUT2D eigenvalue weighted by molar-refractivity contribution is 7.99. The summed E-state index contributed by atoms with van der Waals surface area (Å²) in [5, 5.41) is 16.1. The molecule has 0 bridgehead atoms. The van der Waals surface area contributed by atoms with Gasteiger partial charge >= 0.3 is 5.97 Å². The number of carbonyl (C=O) groups excluding carboxylic acids is 1. The number of nitrogens with zero attached hydrogens (tertiary/aromatic N) is 5. The smallest absolute Gasteiger partial charge is 0.306 e. The lowest BCUT2D eigenvalue weighted by Gasteiger charge is -2.09. The summed E-state index contributed by atoms with van der Waals surface area (Å²) >= 11 is 1.49. The Morgan fingerprint density at radius 2 is 2.39 bits per heavy atom. The Morgan fingerprint density at radius 1 is 1.56 bits per heavy atom. The van der Waals surface area contributed by atoms with Crippen LogP contribution in [-0.2, 0) is 9.53 Å². The van der Waals surface area contributed by atoms with Gasteiger partial charge in [0.1, 0.15) is 5.03 Å². The maximum absolute atomic E-state index is 11.3. The summed E-state index contributed by atoms with van der Waals surface area (Å²) in [6.45, 7) is 4.15. The average Bonchev–Trinajstić information content (AvgIpc) is 2.76. The molecule has 8 heteroatoms. The van der Waals surface area contributed by atoms with Gasteiger partial charge in [0.25, 0.3) is 0 Å². The Morgan fingerprint density at radius 3 is 3.17 bits per heavy atom. The number of aromatic nitrogens is 5. The summed E-state index contributed by atoms with van der Waals surface area (Å²) < 4.78 is 6.26. The number of hydrogen-bond donors (Lipinski definition) is 0. The zero-order valence-electron chi connectivity index (χ0n) is 10.1. The second-order valence-corrected chi connectivity index (χ2v) is 5.09. The number of rotatable bonds is 5. The molecule has 0 aliphatic heterocycles. The van der Waals surface area contributed by atoms with Crippen molar-refractivity contribution in [2.75, 3.05) is 6.61 Å². The van der Waals surface area contributed by atoms with Crippen LogP contribution in [0.15, 0.2) is 17.2 Å². The van der Waals surface area contributed by atoms with Crippen molar-refractivity contribution in [1.82, 2.24) is 25.3 Å². The zero-order valence-corrected chi connectivity index (χ0v) is 10.9. The van der Waals surface area contributed by atoms with Gasteiger partial charge in [0.2, 0.25) is 0 Å². The van der Waals surface area contributed by atoms with Crippen molar-refractivity contribution in [2.24, 2.45) is 0 Å². The SMILES string of the molecule is CCOC(=O)CC(C)Sc1ccc2nnnn2n1. The van der Waals surface area contributed by atoms with Crippen LogP contribution in [0.3, 0.4) is 0 Å². The standard InChI is InChI=1S/C10H13N5O2S/c1-3-17-10(16)6-7(2)18-9-5-4-8-11-13-14-15(8)12-9/h4-5,7H,3,6H2,1-2H3. The summed E-state index contributed by atoms with van der Waals surface area (Å²) in [6, 6.07) is 3.62. The Kier molecular flexibility index (Phi) is 4.08. The maximum Gasteiger partial charge on any atom is 0.306 e. The molecule has 0 N–H and O–H groups in total. The molecule has 7 nitrogen and oxygen atoms in total. The lowest BCUT2D eigenvalue weighted by Crippen LogP contribution is -2.11. The van der Waals surface area contributed by atoms with Gasteiger partial charge < -0.3 is 4.74 Å². The van der Waals surface area contributed by atoms with Crippen molar-refractivity contribution >= 4 is 23.4 Å². The fraction of sp³-hybridized carbons (Fsp3) is 0.500. The normalized spacial score (nSPS) is 12.6. The topological polar surface area (TPSA) is 82.3 Å². The first-order valence-electron chi connectivity index (χ1n) is 5.56. The van der Waals surface area contributed by atoms with E-state index in [9.17, 15) is 4.79 Å². The fourth-order valence-corrected chi connectivity index (χ4v) is 2.30. The van der Waals surface area contributed by atoms with Gasteiger partial charge in [-0.2, -0.15) is 0 Å². The van der Waals surface area contributed by atoms with Crippen LogP contribution < -0.4 is 0 Å². The van der Waals surface area contributed by atoms with Gasteiger partial charge in [-0.15, -0.1) is 26.6 Å². The van der Waals surface area contributed by atoms with E-state index in [0.717, 1.165) is 5.03 Å². The molecule has 1 atom stereocenters. The molecule has 96 valence electrons. The molecule has 0 radical (unpaired) electrons. The van der Waals surface area contributed by atoms with E-state index in [4.69, 9.17) is 4.74 Å². The molecule has 0 spiro atoms. The summed E-state index contributed by atoms with van der Waals surface area (Å²) in [5.41, 5.74) is 0.595. The second-order valence-electron chi connectivity index (χ2n) is 3.64. The number of ether oxygens (including phenoxy) is 1. The van der Waals surface area contributed by atoms with Gasteiger partial charge in [-0.05, 0) is 29.5 Å². The number of thioether (sulfide) groups is 1. The number of fused-ring (bicyclic) bond motifs is 1. The Balaban J connectivity index is 1.97. The highest BCUT2D eigenvalue weighted by atomic mass is 32.2. The van der Waals surface area contributed by atoms with Gasteiger partial charge in [-0.3, -0.25) is 4.79 Å². The predicted octanol–water partition coefficient (Wildman–Crippen LogP) is 0.953. The molecule has 18 heavy (non-hydrogen) atoms. The first-order valence-corrected chi connectivity index (χ1v) is 6.44. The van der Waals surface area contributed by atoms with Gasteiger partial charge in [-0.25, -0.2) is 0 Å². The van der Waals surface area contributed by atoms with E-state index in [1.54, 1.807) is 13.0 Å². The fourth-order valence-electron chi connectivity index (χ4n) is 1.40. The molecular formula is C10H13N5O2S. The summed E-state index contributed by atoms with van der Waals surface area (Å²) in [6.07, 6.45) is 0.355. The van der Waals surface area contributed by atoms with E-state index in [0.29, 0.717) is 18.7 Å². The van der Waals surface area contributed by atoms with Gasteiger partial charge in [0.15, 0.2) is 5.65 Å². The van der Waals surface area contributed by atoms with Crippen LogP contribution in [0.1, 0.15) is 20.3 Å². The summed E-state index contributed by atoms with van der Waals surface area (Å²) in [4.78, 5) is 11.3. The van der Waals surface area contributed by atoms with Gasteiger partial charge in [0.05, 0.1) is 13.0 Å². The lowest BCUT2D eigenvalue weighted by molar-refractivity contribution is -0.142. The number of tetrazole rings is 1. The van der Waals surface area contributed by atoms with Crippen molar-refractivity contribution < 1.29 is 9.53 Å². The van der Waals surface area contributed by atoms with E-state index in [2.05, 4.69) is 20.6 Å². The first-order chi connectivity index (χ1) is 8.69. The molecule has 0 aliphatic carbocycles. The van der Waals surface area contributed by atoms with Crippen molar-refractivity contribution in [3.63, 3.8) is 0 Å². The predicted molar refractivity (Wildman–Crippen MR) is 65.1 cm³/mol. The molecule has 0 aromatic carbocycles. The van der Waals surface area contributed by atoms with Crippen LogP contribution in [-0.4, -0.2) is 43.1 Å². The highest BCUT2D eigenvalue weighted by Crippen LogP contribution is 2.23. The van der Waals surface area contributed by atoms with Crippen molar-refractivity contribution in [3.05, 3.63) is 12.1 Å². The van der Waals surface area contributed by atoms with Gasteiger partial charge in [-0.1, -0.05) is 6.92 Å². The summed E-state index contributed by atoms with van der Waals surface area (Å²) in [7, 11) is 0. The maximum atomic E-state index is 11.3. The number of esters is 1. The van der Waals surface area contributed by atoms with E-state index in [1.165, 1.54) is 16.4 Å². The second kappa shape index (κ2) is 5.76. The monoisotopic (exact) mass is 267 g/mol. The molecule has 2 aromatic rings. The van der Waals surface area contributed by atoms with E-state index >= 15 is 0 Å². The zero-order chi connectivity index (χ0) is 13.0. The Hall–Kier alpha value is -1.70. The van der Waals surface area contributed by atoms with Crippen molar-refractivity contribution in [3.8, 4) is 0 Å². The minimum Gasteiger partial charge on any atom is -0.466 e.